The number of nitrogens with zero attached hydrogens (tertiary/aromatic N) is 2. The SMILES string of the molecule is CN(C)CCCN(CCCl)C1CCCC1. The molecule has 1 rings (SSSR count). The van der Waals surface area contributed by atoms with Crippen LogP contribution in [0.2, 0.25) is 0 Å². The molecule has 0 aromatic heterocycles. The van der Waals surface area contributed by atoms with Gasteiger partial charge in [0, 0.05) is 18.5 Å². The van der Waals surface area contributed by atoms with Gasteiger partial charge in [-0.05, 0) is 46.4 Å². The molecule has 0 amide bonds. The van der Waals surface area contributed by atoms with Crippen molar-refractivity contribution in [1.82, 2.24) is 9.80 Å². The van der Waals surface area contributed by atoms with Crippen molar-refractivity contribution in [2.45, 2.75) is 38.1 Å². The highest BCUT2D eigenvalue weighted by molar-refractivity contribution is 6.18. The normalized spacial score (nSPS) is 18.2. The molecule has 0 heterocycles. The van der Waals surface area contributed by atoms with Crippen LogP contribution in [0.4, 0.5) is 0 Å². The highest BCUT2D eigenvalue weighted by Gasteiger charge is 2.21. The van der Waals surface area contributed by atoms with Crippen LogP contribution in [0.1, 0.15) is 32.1 Å². The number of hydrogen-bond donors (Lipinski definition) is 0. The van der Waals surface area contributed by atoms with Gasteiger partial charge in [0.25, 0.3) is 0 Å². The number of rotatable bonds is 7. The Kier molecular flexibility index (Phi) is 6.62. The number of halogens is 1. The first-order chi connectivity index (χ1) is 7.24. The largest absolute Gasteiger partial charge is 0.309 e. The lowest BCUT2D eigenvalue weighted by atomic mass is 10.2. The maximum atomic E-state index is 5.86. The van der Waals surface area contributed by atoms with Crippen molar-refractivity contribution in [3.8, 4) is 0 Å². The van der Waals surface area contributed by atoms with Crippen molar-refractivity contribution in [2.75, 3.05) is 39.6 Å². The second-order valence-corrected chi connectivity index (χ2v) is 5.20. The van der Waals surface area contributed by atoms with E-state index in [0.29, 0.717) is 0 Å². The lowest BCUT2D eigenvalue weighted by Gasteiger charge is -2.28. The fraction of sp³-hybridized carbons (Fsp3) is 1.00. The van der Waals surface area contributed by atoms with Gasteiger partial charge in [-0.15, -0.1) is 11.6 Å². The summed E-state index contributed by atoms with van der Waals surface area (Å²) in [6, 6.07) is 0.825. The van der Waals surface area contributed by atoms with Crippen molar-refractivity contribution in [2.24, 2.45) is 0 Å². The minimum Gasteiger partial charge on any atom is -0.309 e. The van der Waals surface area contributed by atoms with E-state index in [0.717, 1.165) is 18.5 Å². The van der Waals surface area contributed by atoms with E-state index in [-0.39, 0.29) is 0 Å². The molecule has 0 spiro atoms. The van der Waals surface area contributed by atoms with Crippen LogP contribution < -0.4 is 0 Å². The predicted octanol–water partition coefficient (Wildman–Crippen LogP) is 2.42. The third-order valence-electron chi connectivity index (χ3n) is 3.26. The Bertz CT molecular complexity index is 156. The second kappa shape index (κ2) is 7.48. The lowest BCUT2D eigenvalue weighted by Crippen LogP contribution is -2.36. The third kappa shape index (κ3) is 5.19. The Labute approximate surface area is 99.6 Å². The van der Waals surface area contributed by atoms with Crippen LogP contribution in [0.5, 0.6) is 0 Å². The van der Waals surface area contributed by atoms with Gasteiger partial charge in [0.05, 0.1) is 0 Å². The lowest BCUT2D eigenvalue weighted by molar-refractivity contribution is 0.200. The Morgan fingerprint density at radius 1 is 1.07 bits per heavy atom. The van der Waals surface area contributed by atoms with Crippen molar-refractivity contribution < 1.29 is 0 Å². The average Bonchev–Trinajstić information content (AvgIpc) is 2.68. The van der Waals surface area contributed by atoms with Crippen LogP contribution in [0.3, 0.4) is 0 Å². The van der Waals surface area contributed by atoms with Crippen LogP contribution in [-0.4, -0.2) is 55.5 Å². The quantitative estimate of drug-likeness (QED) is 0.623. The van der Waals surface area contributed by atoms with Crippen LogP contribution >= 0.6 is 11.6 Å². The molecule has 0 saturated heterocycles. The maximum Gasteiger partial charge on any atom is 0.0351 e. The molecule has 1 saturated carbocycles. The van der Waals surface area contributed by atoms with Crippen molar-refractivity contribution in [3.63, 3.8) is 0 Å². The first-order valence-electron chi connectivity index (χ1n) is 6.19. The second-order valence-electron chi connectivity index (χ2n) is 4.82. The predicted molar refractivity (Wildman–Crippen MR) is 67.7 cm³/mol. The Morgan fingerprint density at radius 2 is 1.73 bits per heavy atom. The molecule has 2 nitrogen and oxygen atoms in total. The van der Waals surface area contributed by atoms with Crippen LogP contribution in [-0.2, 0) is 0 Å². The molecular weight excluding hydrogens is 208 g/mol. The minimum atomic E-state index is 0.776. The van der Waals surface area contributed by atoms with Gasteiger partial charge in [-0.1, -0.05) is 12.8 Å². The van der Waals surface area contributed by atoms with E-state index in [1.165, 1.54) is 45.2 Å². The first kappa shape index (κ1) is 13.3. The molecule has 90 valence electrons. The number of hydrogen-bond acceptors (Lipinski definition) is 2. The molecule has 1 aliphatic carbocycles. The molecule has 0 aromatic rings. The Hall–Kier alpha value is 0.210. The molecule has 0 atom stereocenters. The third-order valence-corrected chi connectivity index (χ3v) is 3.43. The fourth-order valence-corrected chi connectivity index (χ4v) is 2.66. The molecule has 0 N–H and O–H groups in total. The summed E-state index contributed by atoms with van der Waals surface area (Å²) in [5.41, 5.74) is 0. The van der Waals surface area contributed by atoms with E-state index in [9.17, 15) is 0 Å². The van der Waals surface area contributed by atoms with E-state index in [1.54, 1.807) is 0 Å². The zero-order chi connectivity index (χ0) is 11.1. The maximum absolute atomic E-state index is 5.86. The van der Waals surface area contributed by atoms with Gasteiger partial charge in [-0.2, -0.15) is 0 Å². The summed E-state index contributed by atoms with van der Waals surface area (Å²) >= 11 is 5.86. The topological polar surface area (TPSA) is 6.48 Å². The first-order valence-corrected chi connectivity index (χ1v) is 6.72. The highest BCUT2D eigenvalue weighted by atomic mass is 35.5. The van der Waals surface area contributed by atoms with E-state index in [4.69, 9.17) is 11.6 Å². The molecular formula is C12H25ClN2. The summed E-state index contributed by atoms with van der Waals surface area (Å²) in [7, 11) is 4.28. The van der Waals surface area contributed by atoms with Gasteiger partial charge in [-0.3, -0.25) is 4.90 Å². The fourth-order valence-electron chi connectivity index (χ4n) is 2.44. The van der Waals surface area contributed by atoms with Gasteiger partial charge in [0.15, 0.2) is 0 Å². The Balaban J connectivity index is 2.23. The molecule has 1 aliphatic rings. The zero-order valence-corrected chi connectivity index (χ0v) is 11.0. The van der Waals surface area contributed by atoms with Crippen LogP contribution in [0, 0.1) is 0 Å². The molecule has 0 aromatic carbocycles. The average molecular weight is 233 g/mol. The molecule has 15 heavy (non-hydrogen) atoms. The monoisotopic (exact) mass is 232 g/mol. The highest BCUT2D eigenvalue weighted by Crippen LogP contribution is 2.23. The Morgan fingerprint density at radius 3 is 2.27 bits per heavy atom. The minimum absolute atomic E-state index is 0.776. The van der Waals surface area contributed by atoms with E-state index in [1.807, 2.05) is 0 Å². The van der Waals surface area contributed by atoms with Gasteiger partial charge < -0.3 is 4.90 Å². The van der Waals surface area contributed by atoms with Gasteiger partial charge in [-0.25, -0.2) is 0 Å². The molecule has 0 unspecified atom stereocenters. The van der Waals surface area contributed by atoms with E-state index >= 15 is 0 Å². The zero-order valence-electron chi connectivity index (χ0n) is 10.2. The van der Waals surface area contributed by atoms with Crippen LogP contribution in [0.25, 0.3) is 0 Å². The molecule has 1 fully saturated rings. The summed E-state index contributed by atoms with van der Waals surface area (Å²) in [6.07, 6.45) is 6.87. The standard InChI is InChI=1S/C12H25ClN2/c1-14(2)9-5-10-15(11-8-13)12-6-3-4-7-12/h12H,3-11H2,1-2H3. The van der Waals surface area contributed by atoms with Gasteiger partial charge in [0.1, 0.15) is 0 Å². The van der Waals surface area contributed by atoms with Gasteiger partial charge in [0.2, 0.25) is 0 Å². The number of alkyl halides is 1. The van der Waals surface area contributed by atoms with E-state index < -0.39 is 0 Å². The summed E-state index contributed by atoms with van der Waals surface area (Å²) in [5, 5.41) is 0. The van der Waals surface area contributed by atoms with Crippen molar-refractivity contribution in [3.05, 3.63) is 0 Å². The van der Waals surface area contributed by atoms with Gasteiger partial charge >= 0.3 is 0 Å². The summed E-state index contributed by atoms with van der Waals surface area (Å²) in [4.78, 5) is 4.86. The molecule has 0 radical (unpaired) electrons. The van der Waals surface area contributed by atoms with Crippen molar-refractivity contribution >= 4 is 11.6 Å². The van der Waals surface area contributed by atoms with E-state index in [2.05, 4.69) is 23.9 Å². The summed E-state index contributed by atoms with van der Waals surface area (Å²) in [6.45, 7) is 3.47. The molecule has 0 aliphatic heterocycles. The van der Waals surface area contributed by atoms with Crippen molar-refractivity contribution in [1.29, 1.82) is 0 Å². The summed E-state index contributed by atoms with van der Waals surface area (Å²) < 4.78 is 0. The summed E-state index contributed by atoms with van der Waals surface area (Å²) in [5.74, 6) is 0.776. The smallest absolute Gasteiger partial charge is 0.0351 e. The molecule has 0 bridgehead atoms. The molecule has 3 heteroatoms. The van der Waals surface area contributed by atoms with Crippen LogP contribution in [0.15, 0.2) is 0 Å².